The predicted octanol–water partition coefficient (Wildman–Crippen LogP) is 12.9. The van der Waals surface area contributed by atoms with Crippen LogP contribution in [0.1, 0.15) is 170 Å². The van der Waals surface area contributed by atoms with Crippen LogP contribution in [0.2, 0.25) is 0 Å². The number of unbranched alkanes of at least 4 members (excludes halogenated alkanes) is 11. The molecule has 12 heteroatoms. The third-order valence-electron chi connectivity index (χ3n) is 10.3. The van der Waals surface area contributed by atoms with E-state index in [4.69, 9.17) is 24.1 Å². The molecule has 0 spiro atoms. The number of hydrogen-bond acceptors (Lipinski definition) is 10. The van der Waals surface area contributed by atoms with Crippen LogP contribution >= 0.6 is 0 Å². The minimum absolute atomic E-state index is 0.0788. The second-order valence-electron chi connectivity index (χ2n) is 16.6. The first-order valence-electron chi connectivity index (χ1n) is 24.4. The van der Waals surface area contributed by atoms with Gasteiger partial charge in [0, 0.05) is 32.5 Å². The van der Waals surface area contributed by atoms with Crippen molar-refractivity contribution in [1.82, 2.24) is 10.6 Å². The minimum Gasteiger partial charge on any atom is -0.507 e. The fourth-order valence-corrected chi connectivity index (χ4v) is 6.17. The lowest BCUT2D eigenvalue weighted by molar-refractivity contribution is -0.144. The molecule has 4 N–H and O–H groups in total. The van der Waals surface area contributed by atoms with Gasteiger partial charge in [0.25, 0.3) is 0 Å². The zero-order chi connectivity index (χ0) is 49.4. The molecule has 0 bridgehead atoms. The van der Waals surface area contributed by atoms with Gasteiger partial charge in [0.1, 0.15) is 17.2 Å². The number of ether oxygens (including phenoxy) is 4. The van der Waals surface area contributed by atoms with Crippen molar-refractivity contribution in [3.8, 4) is 17.2 Å². The van der Waals surface area contributed by atoms with Crippen LogP contribution in [0.5, 0.6) is 17.2 Å². The number of nitrogens with one attached hydrogen (secondary N) is 2. The smallest absolute Gasteiger partial charge is 0.412 e. The lowest BCUT2D eigenvalue weighted by Crippen LogP contribution is -2.28. The summed E-state index contributed by atoms with van der Waals surface area (Å²) in [5.74, 6) is 1.47. The molecule has 0 aliphatic carbocycles. The average molecular weight is 923 g/mol. The average Bonchev–Trinajstić information content (AvgIpc) is 3.28. The third kappa shape index (κ3) is 31.7. The van der Waals surface area contributed by atoms with Gasteiger partial charge in [-0.25, -0.2) is 9.59 Å². The van der Waals surface area contributed by atoms with Crippen molar-refractivity contribution in [2.45, 2.75) is 178 Å². The van der Waals surface area contributed by atoms with Gasteiger partial charge in [-0.2, -0.15) is 0 Å². The Bertz CT molecular complexity index is 1600. The molecule has 3 rings (SSSR count). The SMILES string of the molecule is CCCCO.CCCCOC(=O)CCCCCCCNC(=O)OCCCC.Cc1cccc(C)c1O.Cc1cccc(C)c1OC(=O)CCCCCCCNC(=O)Oc1c(C)cccc1C. The van der Waals surface area contributed by atoms with Crippen LogP contribution in [0.15, 0.2) is 54.6 Å². The van der Waals surface area contributed by atoms with Crippen molar-refractivity contribution in [3.05, 3.63) is 88.0 Å². The molecule has 66 heavy (non-hydrogen) atoms. The van der Waals surface area contributed by atoms with Crippen LogP contribution in [0.25, 0.3) is 0 Å². The van der Waals surface area contributed by atoms with E-state index >= 15 is 0 Å². The molecule has 0 atom stereocenters. The maximum Gasteiger partial charge on any atom is 0.412 e. The molecular formula is C54H86N2O10. The molecule has 0 fully saturated rings. The van der Waals surface area contributed by atoms with Crippen LogP contribution in [-0.4, -0.2) is 67.2 Å². The van der Waals surface area contributed by atoms with E-state index in [0.717, 1.165) is 136 Å². The van der Waals surface area contributed by atoms with Gasteiger partial charge in [-0.1, -0.05) is 133 Å². The number of benzene rings is 3. The number of amides is 2. The molecule has 0 aromatic heterocycles. The molecule has 0 aliphatic heterocycles. The highest BCUT2D eigenvalue weighted by Gasteiger charge is 2.11. The van der Waals surface area contributed by atoms with Crippen molar-refractivity contribution in [3.63, 3.8) is 0 Å². The number of esters is 2. The molecule has 3 aromatic rings. The van der Waals surface area contributed by atoms with Crippen LogP contribution < -0.4 is 20.1 Å². The van der Waals surface area contributed by atoms with Crippen LogP contribution in [0.4, 0.5) is 9.59 Å². The van der Waals surface area contributed by atoms with Gasteiger partial charge in [-0.3, -0.25) is 9.59 Å². The minimum atomic E-state index is -0.415. The second-order valence-corrected chi connectivity index (χ2v) is 16.6. The van der Waals surface area contributed by atoms with Crippen molar-refractivity contribution >= 4 is 24.1 Å². The predicted molar refractivity (Wildman–Crippen MR) is 267 cm³/mol. The number of rotatable bonds is 26. The number of aromatic hydroxyl groups is 1. The van der Waals surface area contributed by atoms with E-state index in [0.29, 0.717) is 63.0 Å². The molecular weight excluding hydrogens is 837 g/mol. The normalized spacial score (nSPS) is 10.2. The Labute approximate surface area is 397 Å². The van der Waals surface area contributed by atoms with E-state index in [1.165, 1.54) is 0 Å². The molecule has 2 amide bonds. The fraction of sp³-hybridized carbons (Fsp3) is 0.593. The molecule has 0 heterocycles. The fourth-order valence-electron chi connectivity index (χ4n) is 6.17. The van der Waals surface area contributed by atoms with Gasteiger partial charge >= 0.3 is 24.1 Å². The van der Waals surface area contributed by atoms with Crippen molar-refractivity contribution in [2.24, 2.45) is 0 Å². The quantitative estimate of drug-likeness (QED) is 0.0345. The Balaban J connectivity index is 0.00000102. The topological polar surface area (TPSA) is 170 Å². The second kappa shape index (κ2) is 40.2. The van der Waals surface area contributed by atoms with Gasteiger partial charge in [0.05, 0.1) is 13.2 Å². The lowest BCUT2D eigenvalue weighted by Gasteiger charge is -2.11. The Morgan fingerprint density at radius 3 is 1.26 bits per heavy atom. The summed E-state index contributed by atoms with van der Waals surface area (Å²) in [6, 6.07) is 17.4. The van der Waals surface area contributed by atoms with E-state index in [1.807, 2.05) is 96.1 Å². The highest BCUT2D eigenvalue weighted by molar-refractivity contribution is 5.73. The number of carbonyl (C=O) groups is 4. The summed E-state index contributed by atoms with van der Waals surface area (Å²) in [6.45, 7) is 20.3. The number of alkyl carbamates (subject to hydrolysis) is 1. The summed E-state index contributed by atoms with van der Waals surface area (Å²) in [4.78, 5) is 46.6. The number of hydrogen-bond donors (Lipinski definition) is 4. The van der Waals surface area contributed by atoms with Gasteiger partial charge in [-0.05, 0) is 120 Å². The van der Waals surface area contributed by atoms with Crippen LogP contribution in [-0.2, 0) is 19.1 Å². The Kier molecular flexibility index (Phi) is 37.1. The van der Waals surface area contributed by atoms with Gasteiger partial charge in [0.2, 0.25) is 0 Å². The third-order valence-corrected chi connectivity index (χ3v) is 10.3. The zero-order valence-corrected chi connectivity index (χ0v) is 42.1. The molecule has 0 saturated carbocycles. The first-order chi connectivity index (χ1) is 31.7. The maximum absolute atomic E-state index is 12.0. The highest BCUT2D eigenvalue weighted by Crippen LogP contribution is 2.24. The van der Waals surface area contributed by atoms with Gasteiger partial charge in [0.15, 0.2) is 0 Å². The Morgan fingerprint density at radius 1 is 0.455 bits per heavy atom. The monoisotopic (exact) mass is 923 g/mol. The molecule has 0 aliphatic rings. The van der Waals surface area contributed by atoms with Gasteiger partial charge in [-0.15, -0.1) is 0 Å². The standard InChI is InChI=1S/C25H33NO4.C17H33NO4.C8H10O.C4H10O/c1-18-12-10-13-19(2)23(18)29-22(27)16-8-6-5-7-9-17-26-25(28)30-24-20(3)14-11-15-21(24)4;1-3-5-14-21-16(19)12-10-8-7-9-11-13-18-17(20)22-15-6-4-2;1-6-4-3-5-7(2)8(6)9;1-2-3-4-5/h10-15H,5-9,16-17H2,1-4H3,(H,26,28);3-15H2,1-2H3,(H,18,20);3-5,9H,1-2H3;5H,2-4H2,1H3. The summed E-state index contributed by atoms with van der Waals surface area (Å²) in [5, 5.41) is 22.8. The van der Waals surface area contributed by atoms with Gasteiger partial charge < -0.3 is 39.8 Å². The number of phenolic OH excluding ortho intramolecular Hbond substituents is 1. The number of para-hydroxylation sites is 3. The summed E-state index contributed by atoms with van der Waals surface area (Å²) in [6.07, 6.45) is 15.9. The molecule has 0 saturated heterocycles. The highest BCUT2D eigenvalue weighted by atomic mass is 16.6. The number of phenols is 1. The molecule has 372 valence electrons. The summed E-state index contributed by atoms with van der Waals surface area (Å²) in [7, 11) is 0. The Morgan fingerprint density at radius 2 is 0.833 bits per heavy atom. The van der Waals surface area contributed by atoms with Crippen LogP contribution in [0.3, 0.4) is 0 Å². The molecule has 0 radical (unpaired) electrons. The van der Waals surface area contributed by atoms with Crippen LogP contribution in [0, 0.1) is 41.5 Å². The van der Waals surface area contributed by atoms with E-state index in [2.05, 4.69) is 31.4 Å². The number of aliphatic hydroxyl groups is 1. The summed E-state index contributed by atoms with van der Waals surface area (Å²) >= 11 is 0. The summed E-state index contributed by atoms with van der Waals surface area (Å²) in [5.41, 5.74) is 5.73. The first-order valence-corrected chi connectivity index (χ1v) is 24.4. The summed E-state index contributed by atoms with van der Waals surface area (Å²) < 4.78 is 21.0. The van der Waals surface area contributed by atoms with Crippen molar-refractivity contribution < 1.29 is 48.3 Å². The number of carbonyl (C=O) groups excluding carboxylic acids is 4. The number of aliphatic hydroxyl groups excluding tert-OH is 1. The zero-order valence-electron chi connectivity index (χ0n) is 42.1. The van der Waals surface area contributed by atoms with E-state index in [1.54, 1.807) is 0 Å². The largest absolute Gasteiger partial charge is 0.507 e. The maximum atomic E-state index is 12.0. The van der Waals surface area contributed by atoms with E-state index in [9.17, 15) is 24.3 Å². The van der Waals surface area contributed by atoms with E-state index < -0.39 is 6.09 Å². The van der Waals surface area contributed by atoms with Crippen molar-refractivity contribution in [1.29, 1.82) is 0 Å². The number of aryl methyl sites for hydroxylation is 6. The first kappa shape index (κ1) is 60.9. The van der Waals surface area contributed by atoms with E-state index in [-0.39, 0.29) is 18.0 Å². The molecule has 3 aromatic carbocycles. The Hall–Kier alpha value is -5.10. The molecule has 0 unspecified atom stereocenters. The van der Waals surface area contributed by atoms with Crippen molar-refractivity contribution in [2.75, 3.05) is 32.9 Å². The lowest BCUT2D eigenvalue weighted by atomic mass is 10.1. The molecule has 12 nitrogen and oxygen atoms in total.